The number of ether oxygens (including phenoxy) is 1. The molecule has 0 saturated heterocycles. The van der Waals surface area contributed by atoms with E-state index >= 15 is 0 Å². The maximum Gasteiger partial charge on any atom is 0.323 e. The van der Waals surface area contributed by atoms with Crippen LogP contribution in [0.5, 0.6) is 0 Å². The predicted molar refractivity (Wildman–Crippen MR) is 67.4 cm³/mol. The van der Waals surface area contributed by atoms with Gasteiger partial charge < -0.3 is 10.1 Å². The molecule has 0 fully saturated rings. The van der Waals surface area contributed by atoms with Gasteiger partial charge in [0.05, 0.1) is 0 Å². The van der Waals surface area contributed by atoms with E-state index < -0.39 is 5.60 Å². The molecule has 0 aliphatic heterocycles. The standard InChI is InChI=1S/C13H27NO2/c1-8-9(2)10(3)14-11(4)12(15)16-13(5,6)7/h9-11,14H,8H2,1-7H3/t9?,10?,11-/m1/s1. The van der Waals surface area contributed by atoms with Crippen molar-refractivity contribution in [1.29, 1.82) is 0 Å². The van der Waals surface area contributed by atoms with Gasteiger partial charge in [-0.2, -0.15) is 0 Å². The molecule has 1 N–H and O–H groups in total. The van der Waals surface area contributed by atoms with Crippen LogP contribution in [0.3, 0.4) is 0 Å². The van der Waals surface area contributed by atoms with E-state index in [1.54, 1.807) is 0 Å². The Hall–Kier alpha value is -0.570. The summed E-state index contributed by atoms with van der Waals surface area (Å²) < 4.78 is 5.31. The summed E-state index contributed by atoms with van der Waals surface area (Å²) in [4.78, 5) is 11.7. The minimum absolute atomic E-state index is 0.178. The van der Waals surface area contributed by atoms with Gasteiger partial charge in [-0.15, -0.1) is 0 Å². The Labute approximate surface area is 99.9 Å². The molecule has 0 aliphatic carbocycles. The molecular weight excluding hydrogens is 202 g/mol. The minimum atomic E-state index is -0.410. The Morgan fingerprint density at radius 1 is 1.25 bits per heavy atom. The molecule has 3 nitrogen and oxygen atoms in total. The number of esters is 1. The first-order chi connectivity index (χ1) is 7.17. The van der Waals surface area contributed by atoms with Gasteiger partial charge in [0.2, 0.25) is 0 Å². The van der Waals surface area contributed by atoms with E-state index in [1.807, 2.05) is 27.7 Å². The average molecular weight is 229 g/mol. The molecule has 3 heteroatoms. The molecule has 0 radical (unpaired) electrons. The third kappa shape index (κ3) is 6.11. The van der Waals surface area contributed by atoms with Crippen molar-refractivity contribution < 1.29 is 9.53 Å². The quantitative estimate of drug-likeness (QED) is 0.737. The Morgan fingerprint density at radius 2 is 1.75 bits per heavy atom. The van der Waals surface area contributed by atoms with Crippen LogP contribution in [-0.4, -0.2) is 23.7 Å². The summed E-state index contributed by atoms with van der Waals surface area (Å²) in [6.45, 7) is 13.9. The van der Waals surface area contributed by atoms with Gasteiger partial charge in [-0.25, -0.2) is 0 Å². The third-order valence-corrected chi connectivity index (χ3v) is 2.77. The van der Waals surface area contributed by atoms with Crippen LogP contribution >= 0.6 is 0 Å². The zero-order valence-corrected chi connectivity index (χ0v) is 11.8. The molecule has 0 rings (SSSR count). The monoisotopic (exact) mass is 229 g/mol. The number of carbonyl (C=O) groups is 1. The van der Waals surface area contributed by atoms with E-state index in [9.17, 15) is 4.79 Å². The fourth-order valence-corrected chi connectivity index (χ4v) is 1.37. The SMILES string of the molecule is CCC(C)C(C)N[C@H](C)C(=O)OC(C)(C)C. The average Bonchev–Trinajstić information content (AvgIpc) is 2.13. The zero-order chi connectivity index (χ0) is 12.9. The van der Waals surface area contributed by atoms with Gasteiger partial charge in [-0.1, -0.05) is 20.3 Å². The van der Waals surface area contributed by atoms with E-state index in [1.165, 1.54) is 0 Å². The number of carbonyl (C=O) groups excluding carboxylic acids is 1. The summed E-state index contributed by atoms with van der Waals surface area (Å²) in [6, 6.07) is 0.0794. The highest BCUT2D eigenvalue weighted by Gasteiger charge is 2.23. The van der Waals surface area contributed by atoms with Gasteiger partial charge in [0.25, 0.3) is 0 Å². The topological polar surface area (TPSA) is 38.3 Å². The predicted octanol–water partition coefficient (Wildman–Crippen LogP) is 2.74. The Kier molecular flexibility index (Phi) is 6.01. The van der Waals surface area contributed by atoms with Crippen LogP contribution in [0.25, 0.3) is 0 Å². The molecule has 0 amide bonds. The molecule has 3 atom stereocenters. The van der Waals surface area contributed by atoms with Crippen molar-refractivity contribution in [2.75, 3.05) is 0 Å². The maximum absolute atomic E-state index is 11.7. The lowest BCUT2D eigenvalue weighted by atomic mass is 10.0. The van der Waals surface area contributed by atoms with Gasteiger partial charge >= 0.3 is 5.97 Å². The van der Waals surface area contributed by atoms with Crippen LogP contribution < -0.4 is 5.32 Å². The van der Waals surface area contributed by atoms with E-state index in [0.29, 0.717) is 12.0 Å². The second-order valence-corrected chi connectivity index (χ2v) is 5.60. The normalized spacial score (nSPS) is 17.7. The van der Waals surface area contributed by atoms with E-state index in [-0.39, 0.29) is 12.0 Å². The maximum atomic E-state index is 11.7. The largest absolute Gasteiger partial charge is 0.459 e. The summed E-state index contributed by atoms with van der Waals surface area (Å²) in [5.74, 6) is 0.382. The van der Waals surface area contributed by atoms with Gasteiger partial charge in [0.15, 0.2) is 0 Å². The lowest BCUT2D eigenvalue weighted by Crippen LogP contribution is -2.45. The molecular formula is C13H27NO2. The number of hydrogen-bond donors (Lipinski definition) is 1. The summed E-state index contributed by atoms with van der Waals surface area (Å²) in [5, 5.41) is 3.28. The Bertz CT molecular complexity index is 220. The van der Waals surface area contributed by atoms with Gasteiger partial charge in [0, 0.05) is 6.04 Å². The van der Waals surface area contributed by atoms with Crippen molar-refractivity contribution in [1.82, 2.24) is 5.32 Å². The molecule has 96 valence electrons. The van der Waals surface area contributed by atoms with Crippen molar-refractivity contribution in [3.8, 4) is 0 Å². The van der Waals surface area contributed by atoms with Crippen LogP contribution in [0.15, 0.2) is 0 Å². The second kappa shape index (κ2) is 6.24. The molecule has 0 heterocycles. The van der Waals surface area contributed by atoms with Crippen molar-refractivity contribution >= 4 is 5.97 Å². The fraction of sp³-hybridized carbons (Fsp3) is 0.923. The highest BCUT2D eigenvalue weighted by Crippen LogP contribution is 2.11. The molecule has 0 spiro atoms. The van der Waals surface area contributed by atoms with Crippen LogP contribution in [0.2, 0.25) is 0 Å². The highest BCUT2D eigenvalue weighted by molar-refractivity contribution is 5.75. The van der Waals surface area contributed by atoms with Gasteiger partial charge in [-0.3, -0.25) is 4.79 Å². The minimum Gasteiger partial charge on any atom is -0.459 e. The summed E-state index contributed by atoms with van der Waals surface area (Å²) >= 11 is 0. The van der Waals surface area contributed by atoms with E-state index in [4.69, 9.17) is 4.74 Å². The smallest absolute Gasteiger partial charge is 0.323 e. The molecule has 2 unspecified atom stereocenters. The molecule has 0 bridgehead atoms. The first-order valence-electron chi connectivity index (χ1n) is 6.16. The number of rotatable bonds is 5. The summed E-state index contributed by atoms with van der Waals surface area (Å²) in [6.07, 6.45) is 1.11. The highest BCUT2D eigenvalue weighted by atomic mass is 16.6. The first-order valence-corrected chi connectivity index (χ1v) is 6.16. The molecule has 0 aromatic heterocycles. The summed E-state index contributed by atoms with van der Waals surface area (Å²) in [5.41, 5.74) is -0.410. The van der Waals surface area contributed by atoms with Crippen molar-refractivity contribution in [2.45, 2.75) is 72.6 Å². The summed E-state index contributed by atoms with van der Waals surface area (Å²) in [7, 11) is 0. The third-order valence-electron chi connectivity index (χ3n) is 2.77. The van der Waals surface area contributed by atoms with Gasteiger partial charge in [0.1, 0.15) is 11.6 Å². The number of hydrogen-bond acceptors (Lipinski definition) is 3. The molecule has 0 aliphatic rings. The lowest BCUT2D eigenvalue weighted by Gasteiger charge is -2.26. The van der Waals surface area contributed by atoms with Crippen LogP contribution in [0.1, 0.15) is 54.9 Å². The van der Waals surface area contributed by atoms with Crippen molar-refractivity contribution in [3.05, 3.63) is 0 Å². The fourth-order valence-electron chi connectivity index (χ4n) is 1.37. The van der Waals surface area contributed by atoms with Crippen molar-refractivity contribution in [3.63, 3.8) is 0 Å². The van der Waals surface area contributed by atoms with Crippen molar-refractivity contribution in [2.24, 2.45) is 5.92 Å². The Balaban J connectivity index is 4.15. The molecule has 0 aromatic rings. The zero-order valence-electron chi connectivity index (χ0n) is 11.8. The van der Waals surface area contributed by atoms with Crippen LogP contribution in [-0.2, 0) is 9.53 Å². The van der Waals surface area contributed by atoms with Crippen LogP contribution in [0, 0.1) is 5.92 Å². The van der Waals surface area contributed by atoms with E-state index in [2.05, 4.69) is 26.1 Å². The second-order valence-electron chi connectivity index (χ2n) is 5.60. The first kappa shape index (κ1) is 15.4. The Morgan fingerprint density at radius 3 is 2.12 bits per heavy atom. The molecule has 16 heavy (non-hydrogen) atoms. The van der Waals surface area contributed by atoms with Crippen LogP contribution in [0.4, 0.5) is 0 Å². The lowest BCUT2D eigenvalue weighted by molar-refractivity contribution is -0.157. The molecule has 0 aromatic carbocycles. The van der Waals surface area contributed by atoms with E-state index in [0.717, 1.165) is 6.42 Å². The number of nitrogens with one attached hydrogen (secondary N) is 1. The molecule has 0 saturated carbocycles. The van der Waals surface area contributed by atoms with Gasteiger partial charge in [-0.05, 0) is 40.5 Å².